The summed E-state index contributed by atoms with van der Waals surface area (Å²) in [5.74, 6) is -4.03. The van der Waals surface area contributed by atoms with Crippen LogP contribution >= 0.6 is 0 Å². The van der Waals surface area contributed by atoms with Crippen LogP contribution in [0.15, 0.2) is 66.7 Å². The van der Waals surface area contributed by atoms with E-state index in [-0.39, 0.29) is 12.2 Å². The first kappa shape index (κ1) is 24.7. The van der Waals surface area contributed by atoms with Gasteiger partial charge in [0.15, 0.2) is 0 Å². The van der Waals surface area contributed by atoms with E-state index in [1.165, 1.54) is 17.0 Å². The summed E-state index contributed by atoms with van der Waals surface area (Å²) in [6.07, 6.45) is 0.799. The number of fused-ring (bicyclic) bond motifs is 1. The molecule has 2 aliphatic heterocycles. The van der Waals surface area contributed by atoms with Gasteiger partial charge in [-0.15, -0.1) is 0 Å². The number of nitrogens with one attached hydrogen (secondary N) is 1. The quantitative estimate of drug-likeness (QED) is 0.442. The lowest BCUT2D eigenvalue weighted by Crippen LogP contribution is -2.57. The number of hydrogen-bond acceptors (Lipinski definition) is 5. The van der Waals surface area contributed by atoms with Crippen LogP contribution in [-0.2, 0) is 27.2 Å². The van der Waals surface area contributed by atoms with Crippen LogP contribution in [0.2, 0.25) is 0 Å². The summed E-state index contributed by atoms with van der Waals surface area (Å²) in [7, 11) is 0. The molecular formula is C30H30N2O5. The Kier molecular flexibility index (Phi) is 6.12. The second kappa shape index (κ2) is 9.16. The molecule has 3 aromatic carbocycles. The lowest BCUT2D eigenvalue weighted by molar-refractivity contribution is -0.148. The molecule has 0 aromatic heterocycles. The zero-order valence-corrected chi connectivity index (χ0v) is 21.1. The van der Waals surface area contributed by atoms with Crippen molar-refractivity contribution in [2.75, 3.05) is 4.90 Å². The van der Waals surface area contributed by atoms with E-state index in [1.54, 1.807) is 24.3 Å². The molecule has 2 saturated heterocycles. The highest BCUT2D eigenvalue weighted by Gasteiger charge is 2.68. The predicted molar refractivity (Wildman–Crippen MR) is 139 cm³/mol. The monoisotopic (exact) mass is 498 g/mol. The van der Waals surface area contributed by atoms with E-state index in [9.17, 15) is 24.6 Å². The van der Waals surface area contributed by atoms with Crippen molar-refractivity contribution in [2.45, 2.75) is 45.2 Å². The number of nitrogens with zero attached hydrogens (tertiary/aromatic N) is 1. The lowest BCUT2D eigenvalue weighted by Gasteiger charge is -2.31. The van der Waals surface area contributed by atoms with E-state index in [0.29, 0.717) is 11.3 Å². The Balaban J connectivity index is 1.66. The van der Waals surface area contributed by atoms with E-state index >= 15 is 0 Å². The molecule has 2 amide bonds. The molecule has 3 N–H and O–H groups in total. The molecule has 0 radical (unpaired) electrons. The third kappa shape index (κ3) is 4.00. The number of carbonyl (C=O) groups excluding carboxylic acids is 2. The van der Waals surface area contributed by atoms with Crippen molar-refractivity contribution >= 4 is 23.5 Å². The molecule has 4 unspecified atom stereocenters. The number of aliphatic carboxylic acids is 1. The molecular weight excluding hydrogens is 468 g/mol. The van der Waals surface area contributed by atoms with Crippen LogP contribution in [-0.4, -0.2) is 33.5 Å². The van der Waals surface area contributed by atoms with Crippen LogP contribution in [0.25, 0.3) is 0 Å². The second-order valence-corrected chi connectivity index (χ2v) is 10.1. The Morgan fingerprint density at radius 1 is 0.946 bits per heavy atom. The molecule has 190 valence electrons. The van der Waals surface area contributed by atoms with Gasteiger partial charge in [-0.1, -0.05) is 55.0 Å². The maximum absolute atomic E-state index is 14.0. The lowest BCUT2D eigenvalue weighted by atomic mass is 9.76. The number of aryl methyl sites for hydroxylation is 3. The summed E-state index contributed by atoms with van der Waals surface area (Å²) < 4.78 is 0. The number of carboxylic acid groups (broad SMARTS) is 1. The second-order valence-electron chi connectivity index (χ2n) is 10.1. The molecule has 2 aliphatic rings. The third-order valence-corrected chi connectivity index (χ3v) is 7.83. The van der Waals surface area contributed by atoms with Crippen molar-refractivity contribution in [1.82, 2.24) is 5.32 Å². The first-order valence-corrected chi connectivity index (χ1v) is 12.5. The Morgan fingerprint density at radius 3 is 2.22 bits per heavy atom. The van der Waals surface area contributed by atoms with Gasteiger partial charge in [-0.3, -0.25) is 19.7 Å². The summed E-state index contributed by atoms with van der Waals surface area (Å²) in [6.45, 7) is 5.89. The summed E-state index contributed by atoms with van der Waals surface area (Å²) in [4.78, 5) is 42.2. The van der Waals surface area contributed by atoms with Gasteiger partial charge in [-0.2, -0.15) is 0 Å². The first-order valence-electron chi connectivity index (χ1n) is 12.5. The minimum Gasteiger partial charge on any atom is -0.508 e. The summed E-state index contributed by atoms with van der Waals surface area (Å²) in [5.41, 5.74) is 3.16. The molecule has 5 rings (SSSR count). The van der Waals surface area contributed by atoms with Gasteiger partial charge < -0.3 is 10.2 Å². The highest BCUT2D eigenvalue weighted by atomic mass is 16.4. The highest BCUT2D eigenvalue weighted by Crippen LogP contribution is 2.51. The van der Waals surface area contributed by atoms with Crippen LogP contribution in [0.4, 0.5) is 5.69 Å². The fourth-order valence-corrected chi connectivity index (χ4v) is 5.87. The number of phenols is 1. The van der Waals surface area contributed by atoms with Crippen molar-refractivity contribution in [3.63, 3.8) is 0 Å². The average Bonchev–Trinajstić information content (AvgIpc) is 3.36. The van der Waals surface area contributed by atoms with Gasteiger partial charge in [0, 0.05) is 12.5 Å². The van der Waals surface area contributed by atoms with Crippen molar-refractivity contribution in [2.24, 2.45) is 11.8 Å². The molecule has 7 nitrogen and oxygen atoms in total. The van der Waals surface area contributed by atoms with Crippen LogP contribution in [0.1, 0.15) is 40.8 Å². The SMILES string of the molecule is CCc1ccc(N2C(=O)C3C(c4cc(C)ccc4C)NC(Cc4ccc(O)cc4)(C(=O)O)C3C2=O)cc1. The standard InChI is InChI=1S/C30H30N2O5/c1-4-19-7-11-21(12-8-19)32-27(34)24-25(28(32)35)30(29(36)37,16-20-9-13-22(33)14-10-20)31-26(24)23-15-17(2)5-6-18(23)3/h5-15,24-26,31,33H,4,16H2,1-3H3,(H,36,37). The van der Waals surface area contributed by atoms with Crippen molar-refractivity contribution in [3.8, 4) is 5.75 Å². The molecule has 37 heavy (non-hydrogen) atoms. The van der Waals surface area contributed by atoms with Crippen molar-refractivity contribution < 1.29 is 24.6 Å². The predicted octanol–water partition coefficient (Wildman–Crippen LogP) is 4.09. The van der Waals surface area contributed by atoms with Gasteiger partial charge in [0.05, 0.1) is 17.5 Å². The van der Waals surface area contributed by atoms with E-state index in [2.05, 4.69) is 5.32 Å². The van der Waals surface area contributed by atoms with Crippen LogP contribution in [0.3, 0.4) is 0 Å². The average molecular weight is 499 g/mol. The number of rotatable bonds is 6. The van der Waals surface area contributed by atoms with Gasteiger partial charge in [-0.05, 0) is 66.8 Å². The maximum atomic E-state index is 14.0. The maximum Gasteiger partial charge on any atom is 0.325 e. The van der Waals surface area contributed by atoms with Crippen LogP contribution in [0, 0.1) is 25.7 Å². The van der Waals surface area contributed by atoms with Crippen LogP contribution < -0.4 is 10.2 Å². The molecule has 0 bridgehead atoms. The smallest absolute Gasteiger partial charge is 0.325 e. The number of phenolic OH excluding ortho intramolecular Hbond substituents is 1. The largest absolute Gasteiger partial charge is 0.508 e. The minimum atomic E-state index is -1.71. The fraction of sp³-hybridized carbons (Fsp3) is 0.300. The van der Waals surface area contributed by atoms with Gasteiger partial charge in [0.1, 0.15) is 11.3 Å². The number of carboxylic acids is 1. The summed E-state index contributed by atoms with van der Waals surface area (Å²) >= 11 is 0. The zero-order chi connectivity index (χ0) is 26.5. The molecule has 3 aromatic rings. The molecule has 0 aliphatic carbocycles. The third-order valence-electron chi connectivity index (χ3n) is 7.83. The summed E-state index contributed by atoms with van der Waals surface area (Å²) in [5, 5.41) is 23.7. The first-order chi connectivity index (χ1) is 17.7. The zero-order valence-electron chi connectivity index (χ0n) is 21.1. The Hall–Kier alpha value is -3.97. The summed E-state index contributed by atoms with van der Waals surface area (Å²) in [6, 6.07) is 18.7. The molecule has 0 spiro atoms. The van der Waals surface area contributed by atoms with Gasteiger partial charge in [0.2, 0.25) is 11.8 Å². The van der Waals surface area contributed by atoms with Gasteiger partial charge in [-0.25, -0.2) is 4.90 Å². The number of anilines is 1. The van der Waals surface area contributed by atoms with Crippen LogP contribution in [0.5, 0.6) is 5.75 Å². The van der Waals surface area contributed by atoms with E-state index in [0.717, 1.165) is 28.7 Å². The number of carbonyl (C=O) groups is 3. The van der Waals surface area contributed by atoms with Crippen molar-refractivity contribution in [3.05, 3.63) is 94.5 Å². The van der Waals surface area contributed by atoms with Gasteiger partial charge >= 0.3 is 5.97 Å². The number of amides is 2. The van der Waals surface area contributed by atoms with Gasteiger partial charge in [0.25, 0.3) is 0 Å². The van der Waals surface area contributed by atoms with E-state index in [4.69, 9.17) is 0 Å². The van der Waals surface area contributed by atoms with E-state index in [1.807, 2.05) is 51.1 Å². The molecule has 2 heterocycles. The minimum absolute atomic E-state index is 0.0211. The van der Waals surface area contributed by atoms with Crippen molar-refractivity contribution in [1.29, 1.82) is 0 Å². The Labute approximate surface area is 215 Å². The molecule has 7 heteroatoms. The number of benzene rings is 3. The normalized spacial score (nSPS) is 24.9. The topological polar surface area (TPSA) is 107 Å². The van der Waals surface area contributed by atoms with E-state index < -0.39 is 41.2 Å². The number of aromatic hydroxyl groups is 1. The number of hydrogen-bond donors (Lipinski definition) is 3. The fourth-order valence-electron chi connectivity index (χ4n) is 5.87. The number of imide groups is 1. The Bertz CT molecular complexity index is 1380. The Morgan fingerprint density at radius 2 is 1.59 bits per heavy atom. The molecule has 0 saturated carbocycles. The molecule has 4 atom stereocenters. The molecule has 2 fully saturated rings. The highest BCUT2D eigenvalue weighted by molar-refractivity contribution is 6.24.